The maximum absolute atomic E-state index is 12.2. The second-order valence-electron chi connectivity index (χ2n) is 9.37. The van der Waals surface area contributed by atoms with Crippen LogP contribution in [0.25, 0.3) is 0 Å². The van der Waals surface area contributed by atoms with E-state index < -0.39 is 0 Å². The quantitative estimate of drug-likeness (QED) is 0.518. The molecule has 2 N–H and O–H groups in total. The number of nitrogens with zero attached hydrogens (tertiary/aromatic N) is 3. The van der Waals surface area contributed by atoms with Crippen molar-refractivity contribution in [2.75, 3.05) is 47.3 Å². The van der Waals surface area contributed by atoms with Gasteiger partial charge in [-0.15, -0.1) is 0 Å². The Bertz CT molecular complexity index is 718. The molecule has 172 valence electrons. The molecule has 31 heavy (non-hydrogen) atoms. The minimum absolute atomic E-state index is 0.0436. The number of rotatable bonds is 7. The van der Waals surface area contributed by atoms with Gasteiger partial charge in [0.25, 0.3) is 5.91 Å². The fraction of sp³-hybridized carbons (Fsp3) is 0.680. The molecule has 1 saturated heterocycles. The molecule has 1 aromatic rings. The van der Waals surface area contributed by atoms with Crippen LogP contribution >= 0.6 is 0 Å². The molecule has 0 radical (unpaired) electrons. The van der Waals surface area contributed by atoms with E-state index in [2.05, 4.69) is 26.6 Å². The number of aliphatic imine (C=N–C) groups is 1. The van der Waals surface area contributed by atoms with E-state index in [0.717, 1.165) is 36.0 Å². The molecule has 2 aliphatic rings. The van der Waals surface area contributed by atoms with Crippen LogP contribution < -0.4 is 10.6 Å². The summed E-state index contributed by atoms with van der Waals surface area (Å²) in [6, 6.07) is 8.39. The number of benzene rings is 1. The monoisotopic (exact) mass is 427 g/mol. The number of hydrogen-bond acceptors (Lipinski definition) is 3. The van der Waals surface area contributed by atoms with Gasteiger partial charge in [-0.25, -0.2) is 0 Å². The number of amides is 1. The SMILES string of the molecule is CN=C(NCCc1cccc(C(=O)N(C)C)c1)NC1CCN(CC2CCCCC2)CC1. The average molecular weight is 428 g/mol. The molecule has 0 spiro atoms. The molecule has 1 aromatic carbocycles. The number of carbonyl (C=O) groups excluding carboxylic acids is 1. The first kappa shape index (κ1) is 23.6. The summed E-state index contributed by atoms with van der Waals surface area (Å²) in [5.41, 5.74) is 1.90. The van der Waals surface area contributed by atoms with Gasteiger partial charge in [0, 0.05) is 58.9 Å². The molecule has 1 aliphatic carbocycles. The van der Waals surface area contributed by atoms with Gasteiger partial charge in [0.05, 0.1) is 0 Å². The number of carbonyl (C=O) groups is 1. The number of hydrogen-bond donors (Lipinski definition) is 2. The Morgan fingerprint density at radius 3 is 2.55 bits per heavy atom. The minimum Gasteiger partial charge on any atom is -0.356 e. The molecular weight excluding hydrogens is 386 g/mol. The Kier molecular flexibility index (Phi) is 9.19. The largest absolute Gasteiger partial charge is 0.356 e. The summed E-state index contributed by atoms with van der Waals surface area (Å²) in [5.74, 6) is 1.85. The van der Waals surface area contributed by atoms with Crippen molar-refractivity contribution >= 4 is 11.9 Å². The highest BCUT2D eigenvalue weighted by atomic mass is 16.2. The van der Waals surface area contributed by atoms with E-state index in [9.17, 15) is 4.79 Å². The fourth-order valence-electron chi connectivity index (χ4n) is 4.83. The van der Waals surface area contributed by atoms with Crippen LogP contribution in [0.4, 0.5) is 0 Å². The van der Waals surface area contributed by atoms with E-state index in [1.54, 1.807) is 19.0 Å². The van der Waals surface area contributed by atoms with E-state index in [1.807, 2.05) is 25.2 Å². The van der Waals surface area contributed by atoms with Gasteiger partial charge in [-0.2, -0.15) is 0 Å². The molecule has 6 nitrogen and oxygen atoms in total. The minimum atomic E-state index is 0.0436. The lowest BCUT2D eigenvalue weighted by Gasteiger charge is -2.36. The summed E-state index contributed by atoms with van der Waals surface area (Å²) in [4.78, 5) is 20.9. The van der Waals surface area contributed by atoms with Crippen LogP contribution in [0.1, 0.15) is 60.9 Å². The van der Waals surface area contributed by atoms with Gasteiger partial charge in [-0.1, -0.05) is 31.4 Å². The number of piperidine rings is 1. The van der Waals surface area contributed by atoms with Crippen molar-refractivity contribution in [2.24, 2.45) is 10.9 Å². The van der Waals surface area contributed by atoms with Crippen LogP contribution in [-0.2, 0) is 6.42 Å². The third-order valence-electron chi connectivity index (χ3n) is 6.68. The van der Waals surface area contributed by atoms with Gasteiger partial charge in [-0.05, 0) is 55.7 Å². The Labute approximate surface area is 188 Å². The zero-order valence-corrected chi connectivity index (χ0v) is 19.7. The van der Waals surface area contributed by atoms with Crippen LogP contribution in [0.15, 0.2) is 29.3 Å². The molecule has 1 aliphatic heterocycles. The normalized spacial score (nSPS) is 19.3. The first-order valence-electron chi connectivity index (χ1n) is 12.1. The zero-order chi connectivity index (χ0) is 22.1. The second-order valence-corrected chi connectivity index (χ2v) is 9.37. The van der Waals surface area contributed by atoms with Crippen LogP contribution in [0, 0.1) is 5.92 Å². The van der Waals surface area contributed by atoms with E-state index in [1.165, 1.54) is 64.6 Å². The molecule has 0 aromatic heterocycles. The van der Waals surface area contributed by atoms with Crippen LogP contribution in [-0.4, -0.2) is 75.0 Å². The number of guanidine groups is 1. The van der Waals surface area contributed by atoms with Crippen molar-refractivity contribution < 1.29 is 4.79 Å². The lowest BCUT2D eigenvalue weighted by molar-refractivity contribution is 0.0827. The summed E-state index contributed by atoms with van der Waals surface area (Å²) in [7, 11) is 5.41. The molecule has 1 amide bonds. The number of likely N-dealkylation sites (tertiary alicyclic amines) is 1. The first-order chi connectivity index (χ1) is 15.0. The third kappa shape index (κ3) is 7.53. The Morgan fingerprint density at radius 1 is 1.13 bits per heavy atom. The molecule has 6 heteroatoms. The predicted octanol–water partition coefficient (Wildman–Crippen LogP) is 3.14. The lowest BCUT2D eigenvalue weighted by atomic mass is 9.88. The van der Waals surface area contributed by atoms with Gasteiger partial charge in [0.2, 0.25) is 0 Å². The summed E-state index contributed by atoms with van der Waals surface area (Å²) in [5, 5.41) is 7.06. The highest BCUT2D eigenvalue weighted by Gasteiger charge is 2.23. The van der Waals surface area contributed by atoms with Gasteiger partial charge in [0.15, 0.2) is 5.96 Å². The van der Waals surface area contributed by atoms with Crippen molar-refractivity contribution in [1.29, 1.82) is 0 Å². The molecule has 0 bridgehead atoms. The second kappa shape index (κ2) is 12.1. The molecule has 0 unspecified atom stereocenters. The molecule has 1 saturated carbocycles. The summed E-state index contributed by atoms with van der Waals surface area (Å²) >= 11 is 0. The van der Waals surface area contributed by atoms with Gasteiger partial charge >= 0.3 is 0 Å². The van der Waals surface area contributed by atoms with Crippen LogP contribution in [0.5, 0.6) is 0 Å². The van der Waals surface area contributed by atoms with Gasteiger partial charge in [-0.3, -0.25) is 9.79 Å². The lowest BCUT2D eigenvalue weighted by Crippen LogP contribution is -2.49. The summed E-state index contributed by atoms with van der Waals surface area (Å²) in [6.07, 6.45) is 10.4. The first-order valence-corrected chi connectivity index (χ1v) is 12.1. The third-order valence-corrected chi connectivity index (χ3v) is 6.68. The topological polar surface area (TPSA) is 60.0 Å². The van der Waals surface area contributed by atoms with E-state index in [4.69, 9.17) is 0 Å². The molecular formula is C25H41N5O. The van der Waals surface area contributed by atoms with E-state index >= 15 is 0 Å². The smallest absolute Gasteiger partial charge is 0.253 e. The highest BCUT2D eigenvalue weighted by Crippen LogP contribution is 2.25. The predicted molar refractivity (Wildman–Crippen MR) is 129 cm³/mol. The van der Waals surface area contributed by atoms with Gasteiger partial charge < -0.3 is 20.4 Å². The van der Waals surface area contributed by atoms with Crippen LogP contribution in [0.2, 0.25) is 0 Å². The molecule has 2 fully saturated rings. The Morgan fingerprint density at radius 2 is 1.87 bits per heavy atom. The fourth-order valence-corrected chi connectivity index (χ4v) is 4.83. The van der Waals surface area contributed by atoms with Crippen molar-refractivity contribution in [3.63, 3.8) is 0 Å². The van der Waals surface area contributed by atoms with Crippen molar-refractivity contribution in [3.05, 3.63) is 35.4 Å². The zero-order valence-electron chi connectivity index (χ0n) is 19.7. The van der Waals surface area contributed by atoms with Crippen molar-refractivity contribution in [2.45, 2.75) is 57.4 Å². The average Bonchev–Trinajstić information content (AvgIpc) is 2.80. The van der Waals surface area contributed by atoms with E-state index in [0.29, 0.717) is 6.04 Å². The Hall–Kier alpha value is -2.08. The van der Waals surface area contributed by atoms with Crippen LogP contribution in [0.3, 0.4) is 0 Å². The molecule has 0 atom stereocenters. The number of nitrogens with one attached hydrogen (secondary N) is 2. The maximum Gasteiger partial charge on any atom is 0.253 e. The molecule has 1 heterocycles. The molecule has 3 rings (SSSR count). The maximum atomic E-state index is 12.2. The standard InChI is InChI=1S/C25H41N5O/c1-26-25(27-15-12-20-10-7-11-22(18-20)24(31)29(2)3)28-23-13-16-30(17-14-23)19-21-8-5-4-6-9-21/h7,10-11,18,21,23H,4-6,8-9,12-17,19H2,1-3H3,(H2,26,27,28). The highest BCUT2D eigenvalue weighted by molar-refractivity contribution is 5.94. The van der Waals surface area contributed by atoms with Crippen molar-refractivity contribution in [3.8, 4) is 0 Å². The van der Waals surface area contributed by atoms with Gasteiger partial charge in [0.1, 0.15) is 0 Å². The van der Waals surface area contributed by atoms with Crippen molar-refractivity contribution in [1.82, 2.24) is 20.4 Å². The summed E-state index contributed by atoms with van der Waals surface area (Å²) in [6.45, 7) is 4.48. The summed E-state index contributed by atoms with van der Waals surface area (Å²) < 4.78 is 0. The van der Waals surface area contributed by atoms with E-state index in [-0.39, 0.29) is 5.91 Å². The Balaban J connectivity index is 1.37.